The SMILES string of the molecule is COc1ccc(NNC2CC[C@@]3(C)C(CC[C@]4(C)C3CCC3C5[C@H](C(C)C)CC[C@]5(C(=O)O)CC[C@]34C)C2(C)C)cc1. The van der Waals surface area contributed by atoms with Crippen molar-refractivity contribution in [2.45, 2.75) is 119 Å². The molecule has 10 atom stereocenters. The summed E-state index contributed by atoms with van der Waals surface area (Å²) in [5, 5.41) is 10.7. The number of ether oxygens (including phenoxy) is 1. The lowest BCUT2D eigenvalue weighted by Gasteiger charge is -2.73. The number of fused-ring (bicyclic) bond motifs is 7. The van der Waals surface area contributed by atoms with Crippen LogP contribution in [0.25, 0.3) is 0 Å². The average Bonchev–Trinajstić information content (AvgIpc) is 3.35. The second kappa shape index (κ2) is 10.1. The zero-order chi connectivity index (χ0) is 30.3. The van der Waals surface area contributed by atoms with E-state index in [1.54, 1.807) is 7.11 Å². The molecule has 5 aliphatic rings. The third-order valence-corrected chi connectivity index (χ3v) is 15.3. The van der Waals surface area contributed by atoms with E-state index < -0.39 is 11.4 Å². The van der Waals surface area contributed by atoms with Crippen LogP contribution in [0.3, 0.4) is 0 Å². The Balaban J connectivity index is 1.25. The molecule has 5 saturated carbocycles. The third-order valence-electron chi connectivity index (χ3n) is 15.3. The summed E-state index contributed by atoms with van der Waals surface area (Å²) >= 11 is 0. The molecule has 5 aliphatic carbocycles. The summed E-state index contributed by atoms with van der Waals surface area (Å²) in [6.45, 7) is 17.7. The Labute approximate surface area is 255 Å². The Hall–Kier alpha value is -1.75. The number of hydrazine groups is 1. The number of benzene rings is 1. The Morgan fingerprint density at radius 3 is 2.21 bits per heavy atom. The van der Waals surface area contributed by atoms with Crippen molar-refractivity contribution in [2.24, 2.45) is 62.6 Å². The van der Waals surface area contributed by atoms with Crippen molar-refractivity contribution in [1.82, 2.24) is 5.43 Å². The maximum absolute atomic E-state index is 13.0. The summed E-state index contributed by atoms with van der Waals surface area (Å²) in [5.74, 6) is 3.76. The van der Waals surface area contributed by atoms with Crippen molar-refractivity contribution >= 4 is 11.7 Å². The number of hydrogen-bond acceptors (Lipinski definition) is 4. The highest BCUT2D eigenvalue weighted by Gasteiger charge is 2.72. The van der Waals surface area contributed by atoms with Crippen molar-refractivity contribution in [2.75, 3.05) is 12.5 Å². The molecular weight excluding hydrogens is 520 g/mol. The molecule has 5 heteroatoms. The minimum atomic E-state index is -0.489. The molecule has 5 fully saturated rings. The first-order chi connectivity index (χ1) is 19.7. The number of methoxy groups -OCH3 is 1. The number of aliphatic carboxylic acids is 1. The summed E-state index contributed by atoms with van der Waals surface area (Å²) in [7, 11) is 1.71. The molecule has 0 aromatic heterocycles. The average molecular weight is 579 g/mol. The molecule has 1 aromatic carbocycles. The largest absolute Gasteiger partial charge is 0.497 e. The van der Waals surface area contributed by atoms with Crippen molar-refractivity contribution in [3.05, 3.63) is 24.3 Å². The van der Waals surface area contributed by atoms with E-state index in [0.29, 0.717) is 47.0 Å². The molecule has 5 unspecified atom stereocenters. The molecule has 5 nitrogen and oxygen atoms in total. The van der Waals surface area contributed by atoms with Crippen molar-refractivity contribution < 1.29 is 14.6 Å². The van der Waals surface area contributed by atoms with E-state index in [0.717, 1.165) is 37.1 Å². The molecule has 0 amide bonds. The summed E-state index contributed by atoms with van der Waals surface area (Å²) < 4.78 is 5.34. The van der Waals surface area contributed by atoms with Crippen molar-refractivity contribution in [3.63, 3.8) is 0 Å². The van der Waals surface area contributed by atoms with Gasteiger partial charge in [-0.15, -0.1) is 0 Å². The maximum Gasteiger partial charge on any atom is 0.309 e. The quantitative estimate of drug-likeness (QED) is 0.294. The lowest BCUT2D eigenvalue weighted by Crippen LogP contribution is -2.68. The van der Waals surface area contributed by atoms with Gasteiger partial charge in [0.1, 0.15) is 5.75 Å². The highest BCUT2D eigenvalue weighted by Crippen LogP contribution is 2.77. The van der Waals surface area contributed by atoms with Crippen LogP contribution in [0.4, 0.5) is 5.69 Å². The van der Waals surface area contributed by atoms with Crippen LogP contribution in [0.15, 0.2) is 24.3 Å². The fraction of sp³-hybridized carbons (Fsp3) is 0.811. The fourth-order valence-corrected chi connectivity index (χ4v) is 12.9. The number of carboxylic acid groups (broad SMARTS) is 1. The predicted octanol–water partition coefficient (Wildman–Crippen LogP) is 8.80. The van der Waals surface area contributed by atoms with Crippen LogP contribution in [0.1, 0.15) is 113 Å². The zero-order valence-corrected chi connectivity index (χ0v) is 27.7. The van der Waals surface area contributed by atoms with E-state index in [1.165, 1.54) is 38.5 Å². The van der Waals surface area contributed by atoms with Crippen LogP contribution in [-0.4, -0.2) is 24.2 Å². The predicted molar refractivity (Wildman–Crippen MR) is 170 cm³/mol. The van der Waals surface area contributed by atoms with Gasteiger partial charge < -0.3 is 15.3 Å². The van der Waals surface area contributed by atoms with E-state index in [4.69, 9.17) is 4.74 Å². The van der Waals surface area contributed by atoms with Crippen LogP contribution >= 0.6 is 0 Å². The summed E-state index contributed by atoms with van der Waals surface area (Å²) in [4.78, 5) is 13.0. The van der Waals surface area contributed by atoms with Gasteiger partial charge >= 0.3 is 5.97 Å². The Bertz CT molecular complexity index is 1180. The normalized spacial score (nSPS) is 45.7. The standard InChI is InChI=1S/C37H58N2O3/c1-23(2)26-15-20-37(32(40)41)22-21-35(6)27(31(26)37)13-14-29-34(5)18-17-30(33(3,4)28(34)16-19-36(29,35)7)39-38-24-9-11-25(42-8)12-10-24/h9-12,23,26-31,38-39H,13-22H2,1-8H3,(H,40,41)/t26-,27?,28?,29?,30?,31?,34-,35+,36+,37-/m0/s1. The van der Waals surface area contributed by atoms with Crippen LogP contribution in [-0.2, 0) is 4.79 Å². The summed E-state index contributed by atoms with van der Waals surface area (Å²) in [5.41, 5.74) is 8.86. The monoisotopic (exact) mass is 578 g/mol. The van der Waals surface area contributed by atoms with Gasteiger partial charge in [-0.2, -0.15) is 0 Å². The van der Waals surface area contributed by atoms with Gasteiger partial charge in [-0.3, -0.25) is 4.79 Å². The molecule has 0 radical (unpaired) electrons. The topological polar surface area (TPSA) is 70.6 Å². The molecule has 234 valence electrons. The second-order valence-corrected chi connectivity index (χ2v) is 17.0. The molecule has 0 heterocycles. The number of anilines is 1. The van der Waals surface area contributed by atoms with E-state index in [2.05, 4.69) is 71.5 Å². The first-order valence-corrected chi connectivity index (χ1v) is 17.1. The first-order valence-electron chi connectivity index (χ1n) is 17.1. The van der Waals surface area contributed by atoms with Gasteiger partial charge in [0.15, 0.2) is 0 Å². The lowest BCUT2D eigenvalue weighted by atomic mass is 9.32. The van der Waals surface area contributed by atoms with Gasteiger partial charge in [-0.05, 0) is 146 Å². The Kier molecular flexibility index (Phi) is 7.31. The van der Waals surface area contributed by atoms with Gasteiger partial charge in [0, 0.05) is 11.7 Å². The molecule has 42 heavy (non-hydrogen) atoms. The molecule has 0 saturated heterocycles. The number of rotatable bonds is 6. The highest BCUT2D eigenvalue weighted by molar-refractivity contribution is 5.76. The second-order valence-electron chi connectivity index (χ2n) is 17.0. The minimum absolute atomic E-state index is 0.171. The highest BCUT2D eigenvalue weighted by atomic mass is 16.5. The summed E-state index contributed by atoms with van der Waals surface area (Å²) in [6, 6.07) is 8.58. The molecule has 1 aromatic rings. The molecule has 0 bridgehead atoms. The van der Waals surface area contributed by atoms with Crippen LogP contribution in [0.2, 0.25) is 0 Å². The Morgan fingerprint density at radius 2 is 1.57 bits per heavy atom. The van der Waals surface area contributed by atoms with Crippen LogP contribution in [0.5, 0.6) is 5.75 Å². The first kappa shape index (κ1) is 30.3. The lowest BCUT2D eigenvalue weighted by molar-refractivity contribution is -0.242. The number of carbonyl (C=O) groups is 1. The van der Waals surface area contributed by atoms with Gasteiger partial charge in [-0.25, -0.2) is 5.43 Å². The van der Waals surface area contributed by atoms with E-state index >= 15 is 0 Å². The van der Waals surface area contributed by atoms with Crippen LogP contribution in [0, 0.1) is 62.6 Å². The van der Waals surface area contributed by atoms with Gasteiger partial charge in [0.2, 0.25) is 0 Å². The number of hydrogen-bond donors (Lipinski definition) is 3. The smallest absolute Gasteiger partial charge is 0.309 e. The fourth-order valence-electron chi connectivity index (χ4n) is 12.9. The van der Waals surface area contributed by atoms with E-state index in [9.17, 15) is 9.90 Å². The van der Waals surface area contributed by atoms with Gasteiger partial charge in [0.25, 0.3) is 0 Å². The molecule has 0 aliphatic heterocycles. The van der Waals surface area contributed by atoms with E-state index in [1.807, 2.05) is 12.1 Å². The van der Waals surface area contributed by atoms with Gasteiger partial charge in [-0.1, -0.05) is 48.5 Å². The van der Waals surface area contributed by atoms with Crippen molar-refractivity contribution in [1.29, 1.82) is 0 Å². The molecule has 6 rings (SSSR count). The minimum Gasteiger partial charge on any atom is -0.497 e. The number of nitrogens with one attached hydrogen (secondary N) is 2. The number of carboxylic acids is 1. The van der Waals surface area contributed by atoms with Crippen LogP contribution < -0.4 is 15.6 Å². The van der Waals surface area contributed by atoms with E-state index in [-0.39, 0.29) is 16.2 Å². The third kappa shape index (κ3) is 4.07. The summed E-state index contributed by atoms with van der Waals surface area (Å²) in [6.07, 6.45) is 11.5. The molecule has 3 N–H and O–H groups in total. The van der Waals surface area contributed by atoms with Crippen molar-refractivity contribution in [3.8, 4) is 5.75 Å². The maximum atomic E-state index is 13.0. The zero-order valence-electron chi connectivity index (χ0n) is 27.7. The molecule has 0 spiro atoms. The molecular formula is C37H58N2O3. The van der Waals surface area contributed by atoms with Gasteiger partial charge in [0.05, 0.1) is 12.5 Å². The Morgan fingerprint density at radius 1 is 0.857 bits per heavy atom.